The van der Waals surface area contributed by atoms with E-state index in [0.29, 0.717) is 11.0 Å². The Morgan fingerprint density at radius 1 is 1.11 bits per heavy atom. The number of aryl methyl sites for hydroxylation is 1. The van der Waals surface area contributed by atoms with Crippen molar-refractivity contribution < 1.29 is 4.79 Å². The van der Waals surface area contributed by atoms with Crippen LogP contribution in [0.4, 0.5) is 5.13 Å². The number of aromatic nitrogens is 1. The molecule has 0 radical (unpaired) electrons. The van der Waals surface area contributed by atoms with E-state index in [1.54, 1.807) is 6.08 Å². The van der Waals surface area contributed by atoms with Gasteiger partial charge >= 0.3 is 0 Å². The average Bonchev–Trinajstić information content (AvgIpc) is 3.10. The summed E-state index contributed by atoms with van der Waals surface area (Å²) in [5.74, 6) is 0.466. The predicted molar refractivity (Wildman–Crippen MR) is 115 cm³/mol. The molecular weight excluding hydrogens is 352 g/mol. The molecule has 3 rings (SSSR count). The molecule has 3 aromatic rings. The molecule has 1 heterocycles. The van der Waals surface area contributed by atoms with Crippen LogP contribution in [0.1, 0.15) is 30.5 Å². The predicted octanol–water partition coefficient (Wildman–Crippen LogP) is 5.97. The Bertz CT molecular complexity index is 922. The lowest BCUT2D eigenvalue weighted by atomic mass is 10.0. The third kappa shape index (κ3) is 5.63. The SMILES string of the molecule is Cc1ccc(C=CC(=O)Nc2nc(-c3ccc(CC(C)C)cc3)cs2)cc1. The van der Waals surface area contributed by atoms with Crippen LogP contribution in [0.3, 0.4) is 0 Å². The highest BCUT2D eigenvalue weighted by atomic mass is 32.1. The monoisotopic (exact) mass is 376 g/mol. The molecule has 138 valence electrons. The van der Waals surface area contributed by atoms with Gasteiger partial charge in [0.15, 0.2) is 5.13 Å². The van der Waals surface area contributed by atoms with Gasteiger partial charge < -0.3 is 0 Å². The van der Waals surface area contributed by atoms with Crippen molar-refractivity contribution in [2.24, 2.45) is 5.92 Å². The van der Waals surface area contributed by atoms with E-state index in [1.165, 1.54) is 28.5 Å². The van der Waals surface area contributed by atoms with Crippen LogP contribution < -0.4 is 5.32 Å². The minimum absolute atomic E-state index is 0.177. The molecule has 0 saturated heterocycles. The second-order valence-electron chi connectivity index (χ2n) is 7.07. The van der Waals surface area contributed by atoms with E-state index in [1.807, 2.05) is 36.6 Å². The van der Waals surface area contributed by atoms with Crippen LogP contribution in [0, 0.1) is 12.8 Å². The minimum Gasteiger partial charge on any atom is -0.298 e. The molecule has 1 N–H and O–H groups in total. The van der Waals surface area contributed by atoms with Crippen LogP contribution in [-0.2, 0) is 11.2 Å². The molecular formula is C23H24N2OS. The smallest absolute Gasteiger partial charge is 0.250 e. The van der Waals surface area contributed by atoms with E-state index in [2.05, 4.69) is 48.4 Å². The Morgan fingerprint density at radius 2 is 1.81 bits per heavy atom. The van der Waals surface area contributed by atoms with Crippen molar-refractivity contribution in [2.75, 3.05) is 5.32 Å². The Kier molecular flexibility index (Phi) is 6.20. The van der Waals surface area contributed by atoms with Crippen LogP contribution in [-0.4, -0.2) is 10.9 Å². The molecule has 4 heteroatoms. The average molecular weight is 377 g/mol. The third-order valence-corrected chi connectivity index (χ3v) is 4.89. The fraction of sp³-hybridized carbons (Fsp3) is 0.217. The lowest BCUT2D eigenvalue weighted by Crippen LogP contribution is -2.07. The van der Waals surface area contributed by atoms with Gasteiger partial charge in [-0.05, 0) is 36.5 Å². The highest BCUT2D eigenvalue weighted by Gasteiger charge is 2.07. The Labute approximate surface area is 164 Å². The van der Waals surface area contributed by atoms with Crippen molar-refractivity contribution >= 4 is 28.5 Å². The largest absolute Gasteiger partial charge is 0.298 e. The number of nitrogens with one attached hydrogen (secondary N) is 1. The first-order valence-electron chi connectivity index (χ1n) is 9.10. The second kappa shape index (κ2) is 8.78. The van der Waals surface area contributed by atoms with E-state index in [0.717, 1.165) is 23.2 Å². The van der Waals surface area contributed by atoms with Gasteiger partial charge in [-0.15, -0.1) is 11.3 Å². The van der Waals surface area contributed by atoms with Crippen LogP contribution >= 0.6 is 11.3 Å². The maximum Gasteiger partial charge on any atom is 0.250 e. The molecule has 2 aromatic carbocycles. The molecule has 0 aliphatic heterocycles. The topological polar surface area (TPSA) is 42.0 Å². The van der Waals surface area contributed by atoms with Crippen LogP contribution in [0.5, 0.6) is 0 Å². The van der Waals surface area contributed by atoms with Crippen molar-refractivity contribution in [2.45, 2.75) is 27.2 Å². The van der Waals surface area contributed by atoms with Gasteiger partial charge in [0, 0.05) is 17.0 Å². The van der Waals surface area contributed by atoms with Crippen LogP contribution in [0.25, 0.3) is 17.3 Å². The van der Waals surface area contributed by atoms with Crippen LogP contribution in [0.15, 0.2) is 60.0 Å². The summed E-state index contributed by atoms with van der Waals surface area (Å²) in [6.45, 7) is 6.48. The summed E-state index contributed by atoms with van der Waals surface area (Å²) in [7, 11) is 0. The van der Waals surface area contributed by atoms with Gasteiger partial charge in [-0.25, -0.2) is 4.98 Å². The number of rotatable bonds is 6. The van der Waals surface area contributed by atoms with Crippen molar-refractivity contribution in [3.05, 3.63) is 76.7 Å². The summed E-state index contributed by atoms with van der Waals surface area (Å²) in [6, 6.07) is 16.5. The zero-order valence-corrected chi connectivity index (χ0v) is 16.7. The number of thiazole rings is 1. The first kappa shape index (κ1) is 19.1. The maximum absolute atomic E-state index is 12.1. The number of carbonyl (C=O) groups is 1. The number of anilines is 1. The molecule has 0 saturated carbocycles. The van der Waals surface area contributed by atoms with Gasteiger partial charge in [0.05, 0.1) is 5.69 Å². The minimum atomic E-state index is -0.177. The number of carbonyl (C=O) groups excluding carboxylic acids is 1. The van der Waals surface area contributed by atoms with Crippen LogP contribution in [0.2, 0.25) is 0 Å². The lowest BCUT2D eigenvalue weighted by Gasteiger charge is -2.05. The Morgan fingerprint density at radius 3 is 2.48 bits per heavy atom. The van der Waals surface area contributed by atoms with E-state index in [-0.39, 0.29) is 5.91 Å². The molecule has 0 spiro atoms. The van der Waals surface area contributed by atoms with E-state index < -0.39 is 0 Å². The molecule has 0 fully saturated rings. The summed E-state index contributed by atoms with van der Waals surface area (Å²) in [5.41, 5.74) is 5.48. The van der Waals surface area contributed by atoms with Gasteiger partial charge in [-0.1, -0.05) is 67.9 Å². The van der Waals surface area contributed by atoms with Gasteiger partial charge in [-0.3, -0.25) is 10.1 Å². The van der Waals surface area contributed by atoms with E-state index in [9.17, 15) is 4.79 Å². The highest BCUT2D eigenvalue weighted by Crippen LogP contribution is 2.25. The zero-order chi connectivity index (χ0) is 19.2. The summed E-state index contributed by atoms with van der Waals surface area (Å²) < 4.78 is 0. The standard InChI is InChI=1S/C23H24N2OS/c1-16(2)14-19-8-11-20(12-9-19)21-15-27-23(24-21)25-22(26)13-10-18-6-4-17(3)5-7-18/h4-13,15-16H,14H2,1-3H3,(H,24,25,26). The molecule has 0 aliphatic carbocycles. The number of amides is 1. The Balaban J connectivity index is 1.61. The second-order valence-corrected chi connectivity index (χ2v) is 7.92. The normalized spacial score (nSPS) is 11.3. The summed E-state index contributed by atoms with van der Waals surface area (Å²) in [6.07, 6.45) is 4.41. The lowest BCUT2D eigenvalue weighted by molar-refractivity contribution is -0.111. The fourth-order valence-electron chi connectivity index (χ4n) is 2.74. The molecule has 1 aromatic heterocycles. The Hall–Kier alpha value is -2.72. The van der Waals surface area contributed by atoms with Crippen molar-refractivity contribution in [3.63, 3.8) is 0 Å². The molecule has 27 heavy (non-hydrogen) atoms. The number of hydrogen-bond donors (Lipinski definition) is 1. The highest BCUT2D eigenvalue weighted by molar-refractivity contribution is 7.14. The maximum atomic E-state index is 12.1. The first-order valence-corrected chi connectivity index (χ1v) is 9.98. The summed E-state index contributed by atoms with van der Waals surface area (Å²) in [5, 5.41) is 5.41. The number of hydrogen-bond acceptors (Lipinski definition) is 3. The van der Waals surface area contributed by atoms with Gasteiger partial charge in [0.25, 0.3) is 0 Å². The van der Waals surface area contributed by atoms with Crippen molar-refractivity contribution in [1.82, 2.24) is 4.98 Å². The van der Waals surface area contributed by atoms with Gasteiger partial charge in [0.2, 0.25) is 5.91 Å². The molecule has 0 bridgehead atoms. The van der Waals surface area contributed by atoms with Gasteiger partial charge in [0.1, 0.15) is 0 Å². The molecule has 0 atom stereocenters. The molecule has 0 unspecified atom stereocenters. The molecule has 3 nitrogen and oxygen atoms in total. The number of benzene rings is 2. The zero-order valence-electron chi connectivity index (χ0n) is 15.9. The quantitative estimate of drug-likeness (QED) is 0.539. The summed E-state index contributed by atoms with van der Waals surface area (Å²) >= 11 is 1.43. The molecule has 1 amide bonds. The van der Waals surface area contributed by atoms with Crippen molar-refractivity contribution in [3.8, 4) is 11.3 Å². The van der Waals surface area contributed by atoms with E-state index in [4.69, 9.17) is 0 Å². The van der Waals surface area contributed by atoms with E-state index >= 15 is 0 Å². The molecule has 0 aliphatic rings. The fourth-order valence-corrected chi connectivity index (χ4v) is 3.47. The summed E-state index contributed by atoms with van der Waals surface area (Å²) in [4.78, 5) is 16.6. The first-order chi connectivity index (χ1) is 13.0. The van der Waals surface area contributed by atoms with Crippen molar-refractivity contribution in [1.29, 1.82) is 0 Å². The van der Waals surface area contributed by atoms with Gasteiger partial charge in [-0.2, -0.15) is 0 Å². The third-order valence-electron chi connectivity index (χ3n) is 4.13. The number of nitrogens with zero attached hydrogens (tertiary/aromatic N) is 1.